The molecule has 0 aromatic heterocycles. The van der Waals surface area contributed by atoms with Crippen LogP contribution in [0.15, 0.2) is 35.3 Å². The highest BCUT2D eigenvalue weighted by molar-refractivity contribution is 5.94. The second-order valence-corrected chi connectivity index (χ2v) is 3.61. The summed E-state index contributed by atoms with van der Waals surface area (Å²) in [5.74, 6) is 0.610. The number of anilines is 1. The Labute approximate surface area is 84.2 Å². The number of nitrogens with zero attached hydrogens (tertiary/aromatic N) is 2. The van der Waals surface area contributed by atoms with E-state index in [-0.39, 0.29) is 0 Å². The molecule has 1 aromatic carbocycles. The highest BCUT2D eigenvalue weighted by Gasteiger charge is 2.21. The van der Waals surface area contributed by atoms with Crippen molar-refractivity contribution in [1.82, 2.24) is 0 Å². The topological polar surface area (TPSA) is 41.6 Å². The first-order valence-corrected chi connectivity index (χ1v) is 4.89. The van der Waals surface area contributed by atoms with E-state index in [4.69, 9.17) is 5.73 Å². The summed E-state index contributed by atoms with van der Waals surface area (Å²) in [6, 6.07) is 10.5. The number of nitrogens with two attached hydrogens (primary N) is 1. The van der Waals surface area contributed by atoms with E-state index in [1.165, 1.54) is 12.8 Å². The first-order chi connectivity index (χ1) is 6.77. The molecule has 0 saturated heterocycles. The molecule has 3 heteroatoms. The van der Waals surface area contributed by atoms with Crippen LogP contribution in [0.2, 0.25) is 0 Å². The monoisotopic (exact) mass is 189 g/mol. The summed E-state index contributed by atoms with van der Waals surface area (Å²) in [6.07, 6.45) is 2.37. The summed E-state index contributed by atoms with van der Waals surface area (Å²) in [6.45, 7) is 0. The molecule has 1 aliphatic carbocycles. The van der Waals surface area contributed by atoms with Gasteiger partial charge in [0.1, 0.15) is 0 Å². The van der Waals surface area contributed by atoms with E-state index in [2.05, 4.69) is 4.99 Å². The molecule has 74 valence electrons. The molecule has 0 aliphatic heterocycles. The molecule has 14 heavy (non-hydrogen) atoms. The molecule has 1 fully saturated rings. The molecule has 1 aromatic rings. The van der Waals surface area contributed by atoms with Crippen LogP contribution in [0.5, 0.6) is 0 Å². The Morgan fingerprint density at radius 2 is 2.00 bits per heavy atom. The van der Waals surface area contributed by atoms with Gasteiger partial charge in [-0.05, 0) is 25.0 Å². The highest BCUT2D eigenvalue weighted by atomic mass is 15.2. The molecule has 2 N–H and O–H groups in total. The molecule has 0 amide bonds. The van der Waals surface area contributed by atoms with Gasteiger partial charge in [-0.25, -0.2) is 4.99 Å². The van der Waals surface area contributed by atoms with Crippen LogP contribution in [-0.4, -0.2) is 19.0 Å². The van der Waals surface area contributed by atoms with Crippen molar-refractivity contribution in [3.05, 3.63) is 30.3 Å². The van der Waals surface area contributed by atoms with E-state index in [0.29, 0.717) is 12.0 Å². The normalized spacial score (nSPS) is 16.8. The Morgan fingerprint density at radius 3 is 2.57 bits per heavy atom. The van der Waals surface area contributed by atoms with E-state index in [9.17, 15) is 0 Å². The van der Waals surface area contributed by atoms with Crippen LogP contribution >= 0.6 is 0 Å². The summed E-state index contributed by atoms with van der Waals surface area (Å²) in [7, 11) is 1.94. The molecule has 0 unspecified atom stereocenters. The van der Waals surface area contributed by atoms with E-state index >= 15 is 0 Å². The van der Waals surface area contributed by atoms with Crippen LogP contribution in [0.4, 0.5) is 5.69 Å². The van der Waals surface area contributed by atoms with E-state index in [1.54, 1.807) is 0 Å². The van der Waals surface area contributed by atoms with Gasteiger partial charge in [0.05, 0.1) is 6.04 Å². The van der Waals surface area contributed by atoms with Gasteiger partial charge in [-0.3, -0.25) is 0 Å². The van der Waals surface area contributed by atoms with Crippen molar-refractivity contribution in [3.8, 4) is 0 Å². The minimum Gasteiger partial charge on any atom is -0.370 e. The molecule has 2 rings (SSSR count). The number of benzene rings is 1. The lowest BCUT2D eigenvalue weighted by atomic mass is 10.3. The van der Waals surface area contributed by atoms with Crippen molar-refractivity contribution in [3.63, 3.8) is 0 Å². The third-order valence-electron chi connectivity index (χ3n) is 2.35. The number of para-hydroxylation sites is 1. The summed E-state index contributed by atoms with van der Waals surface area (Å²) in [5, 5.41) is 0. The Balaban J connectivity index is 2.10. The van der Waals surface area contributed by atoms with E-state index in [0.717, 1.165) is 5.69 Å². The lowest BCUT2D eigenvalue weighted by Crippen LogP contribution is -2.34. The fourth-order valence-electron chi connectivity index (χ4n) is 1.26. The molecule has 1 aliphatic rings. The molecular weight excluding hydrogens is 174 g/mol. The number of guanidine groups is 1. The third kappa shape index (κ3) is 2.05. The SMILES string of the molecule is CN(C(N)=NC1CC1)c1ccccc1. The van der Waals surface area contributed by atoms with Crippen molar-refractivity contribution in [1.29, 1.82) is 0 Å². The molecule has 0 atom stereocenters. The molecule has 0 bridgehead atoms. The predicted molar refractivity (Wildman–Crippen MR) is 59.5 cm³/mol. The van der Waals surface area contributed by atoms with E-state index < -0.39 is 0 Å². The average molecular weight is 189 g/mol. The zero-order valence-electron chi connectivity index (χ0n) is 8.35. The smallest absolute Gasteiger partial charge is 0.195 e. The van der Waals surface area contributed by atoms with Crippen LogP contribution < -0.4 is 10.6 Å². The largest absolute Gasteiger partial charge is 0.370 e. The van der Waals surface area contributed by atoms with Crippen LogP contribution in [0, 0.1) is 0 Å². The summed E-state index contributed by atoms with van der Waals surface area (Å²) in [5.41, 5.74) is 6.94. The highest BCUT2D eigenvalue weighted by Crippen LogP contribution is 2.23. The molecular formula is C11H15N3. The van der Waals surface area contributed by atoms with Crippen molar-refractivity contribution in [2.75, 3.05) is 11.9 Å². The van der Waals surface area contributed by atoms with Crippen LogP contribution in [-0.2, 0) is 0 Å². The van der Waals surface area contributed by atoms with Crippen molar-refractivity contribution < 1.29 is 0 Å². The zero-order valence-corrected chi connectivity index (χ0v) is 8.35. The fraction of sp³-hybridized carbons (Fsp3) is 0.364. The quantitative estimate of drug-likeness (QED) is 0.567. The molecule has 0 radical (unpaired) electrons. The Hall–Kier alpha value is -1.51. The molecule has 3 nitrogen and oxygen atoms in total. The Morgan fingerprint density at radius 1 is 1.36 bits per heavy atom. The fourth-order valence-corrected chi connectivity index (χ4v) is 1.26. The minimum atomic E-state index is 0.473. The van der Waals surface area contributed by atoms with Gasteiger partial charge in [-0.1, -0.05) is 18.2 Å². The predicted octanol–water partition coefficient (Wildman–Crippen LogP) is 1.60. The van der Waals surface area contributed by atoms with Crippen LogP contribution in [0.3, 0.4) is 0 Å². The molecule has 0 spiro atoms. The number of rotatable bonds is 2. The standard InChI is InChI=1S/C11H15N3/c1-14(10-5-3-2-4-6-10)11(12)13-9-7-8-9/h2-6,9H,7-8H2,1H3,(H2,12,13). The van der Waals surface area contributed by atoms with Crippen molar-refractivity contribution >= 4 is 11.6 Å². The van der Waals surface area contributed by atoms with Gasteiger partial charge in [0, 0.05) is 12.7 Å². The van der Waals surface area contributed by atoms with Gasteiger partial charge in [0.25, 0.3) is 0 Å². The second-order valence-electron chi connectivity index (χ2n) is 3.61. The first-order valence-electron chi connectivity index (χ1n) is 4.89. The first kappa shape index (κ1) is 9.06. The minimum absolute atomic E-state index is 0.473. The summed E-state index contributed by atoms with van der Waals surface area (Å²) in [4.78, 5) is 6.30. The molecule has 1 saturated carbocycles. The van der Waals surface area contributed by atoms with Gasteiger partial charge >= 0.3 is 0 Å². The second kappa shape index (κ2) is 3.70. The lowest BCUT2D eigenvalue weighted by Gasteiger charge is -2.17. The zero-order chi connectivity index (χ0) is 9.97. The van der Waals surface area contributed by atoms with E-state index in [1.807, 2.05) is 42.3 Å². The van der Waals surface area contributed by atoms with Gasteiger partial charge in [-0.2, -0.15) is 0 Å². The number of hydrogen-bond acceptors (Lipinski definition) is 1. The maximum absolute atomic E-state index is 5.87. The maximum Gasteiger partial charge on any atom is 0.195 e. The lowest BCUT2D eigenvalue weighted by molar-refractivity contribution is 1.03. The van der Waals surface area contributed by atoms with Crippen LogP contribution in [0.1, 0.15) is 12.8 Å². The van der Waals surface area contributed by atoms with Gasteiger partial charge in [0.15, 0.2) is 5.96 Å². The average Bonchev–Trinajstić information content (AvgIpc) is 3.02. The maximum atomic E-state index is 5.87. The summed E-state index contributed by atoms with van der Waals surface area (Å²) < 4.78 is 0. The number of aliphatic imine (C=N–C) groups is 1. The van der Waals surface area contributed by atoms with Crippen molar-refractivity contribution in [2.45, 2.75) is 18.9 Å². The number of hydrogen-bond donors (Lipinski definition) is 1. The van der Waals surface area contributed by atoms with Gasteiger partial charge in [0.2, 0.25) is 0 Å². The molecule has 0 heterocycles. The Bertz CT molecular complexity index is 328. The van der Waals surface area contributed by atoms with Crippen molar-refractivity contribution in [2.24, 2.45) is 10.7 Å². The van der Waals surface area contributed by atoms with Crippen LogP contribution in [0.25, 0.3) is 0 Å². The Kier molecular flexibility index (Phi) is 2.39. The third-order valence-corrected chi connectivity index (χ3v) is 2.35. The van der Waals surface area contributed by atoms with Gasteiger partial charge in [-0.15, -0.1) is 0 Å². The van der Waals surface area contributed by atoms with Gasteiger partial charge < -0.3 is 10.6 Å². The summed E-state index contributed by atoms with van der Waals surface area (Å²) >= 11 is 0.